The fourth-order valence-corrected chi connectivity index (χ4v) is 2.69. The molecule has 0 saturated carbocycles. The van der Waals surface area contributed by atoms with E-state index in [1.807, 2.05) is 36.1 Å². The van der Waals surface area contributed by atoms with Gasteiger partial charge >= 0.3 is 0 Å². The summed E-state index contributed by atoms with van der Waals surface area (Å²) in [6.07, 6.45) is 0. The van der Waals surface area contributed by atoms with Crippen LogP contribution < -0.4 is 0 Å². The minimum absolute atomic E-state index is 0.0114. The Kier molecular flexibility index (Phi) is 5.65. The maximum absolute atomic E-state index is 12.6. The molecule has 0 fully saturated rings. The Labute approximate surface area is 144 Å². The molecule has 0 bridgehead atoms. The SMILES string of the molecule is CCN(Cc1cccc(C)c1)C(=O)c1ccc(I)c(Cl)c1. The third-order valence-corrected chi connectivity index (χ3v) is 4.86. The monoisotopic (exact) mass is 413 g/mol. The molecule has 0 heterocycles. The van der Waals surface area contributed by atoms with E-state index >= 15 is 0 Å². The number of rotatable bonds is 4. The average molecular weight is 414 g/mol. The Balaban J connectivity index is 2.20. The van der Waals surface area contributed by atoms with Gasteiger partial charge in [-0.05, 0) is 60.2 Å². The maximum Gasteiger partial charge on any atom is 0.254 e. The molecule has 0 N–H and O–H groups in total. The van der Waals surface area contributed by atoms with Crippen molar-refractivity contribution in [2.75, 3.05) is 6.54 Å². The fraction of sp³-hybridized carbons (Fsp3) is 0.235. The van der Waals surface area contributed by atoms with Crippen molar-refractivity contribution in [3.8, 4) is 0 Å². The second-order valence-electron chi connectivity index (χ2n) is 4.94. The summed E-state index contributed by atoms with van der Waals surface area (Å²) < 4.78 is 0.951. The molecule has 2 rings (SSSR count). The van der Waals surface area contributed by atoms with E-state index in [2.05, 4.69) is 41.6 Å². The van der Waals surface area contributed by atoms with Gasteiger partial charge in [-0.25, -0.2) is 0 Å². The van der Waals surface area contributed by atoms with E-state index in [1.165, 1.54) is 5.56 Å². The van der Waals surface area contributed by atoms with E-state index in [1.54, 1.807) is 6.07 Å². The van der Waals surface area contributed by atoms with Gasteiger partial charge in [0.25, 0.3) is 5.91 Å². The van der Waals surface area contributed by atoms with Crippen molar-refractivity contribution in [3.63, 3.8) is 0 Å². The van der Waals surface area contributed by atoms with Gasteiger partial charge in [0.2, 0.25) is 0 Å². The van der Waals surface area contributed by atoms with Crippen LogP contribution in [0.4, 0.5) is 0 Å². The number of carbonyl (C=O) groups is 1. The summed E-state index contributed by atoms with van der Waals surface area (Å²) >= 11 is 8.26. The highest BCUT2D eigenvalue weighted by molar-refractivity contribution is 14.1. The summed E-state index contributed by atoms with van der Waals surface area (Å²) in [7, 11) is 0. The molecule has 1 amide bonds. The molecule has 4 heteroatoms. The molecule has 2 aromatic rings. The molecule has 21 heavy (non-hydrogen) atoms. The predicted octanol–water partition coefficient (Wildman–Crippen LogP) is 4.92. The standard InChI is InChI=1S/C17H17ClINO/c1-3-20(11-13-6-4-5-12(2)9-13)17(21)14-7-8-16(19)15(18)10-14/h4-10H,3,11H2,1-2H3. The van der Waals surface area contributed by atoms with Crippen LogP contribution in [0.5, 0.6) is 0 Å². The van der Waals surface area contributed by atoms with E-state index in [9.17, 15) is 4.79 Å². The number of carbonyl (C=O) groups excluding carboxylic acids is 1. The number of aryl methyl sites for hydroxylation is 1. The molecule has 0 aromatic heterocycles. The molecule has 0 aliphatic rings. The van der Waals surface area contributed by atoms with Crippen LogP contribution in [-0.4, -0.2) is 17.4 Å². The third-order valence-electron chi connectivity index (χ3n) is 3.29. The van der Waals surface area contributed by atoms with E-state index in [4.69, 9.17) is 11.6 Å². The number of hydrogen-bond donors (Lipinski definition) is 0. The number of amides is 1. The normalized spacial score (nSPS) is 10.5. The van der Waals surface area contributed by atoms with Gasteiger partial charge in [-0.1, -0.05) is 41.4 Å². The van der Waals surface area contributed by atoms with Gasteiger partial charge in [0.1, 0.15) is 0 Å². The Morgan fingerprint density at radius 3 is 2.62 bits per heavy atom. The van der Waals surface area contributed by atoms with E-state index < -0.39 is 0 Å². The van der Waals surface area contributed by atoms with Gasteiger partial charge in [-0.3, -0.25) is 4.79 Å². The fourth-order valence-electron chi connectivity index (χ4n) is 2.17. The predicted molar refractivity (Wildman–Crippen MR) is 95.8 cm³/mol. The molecule has 0 atom stereocenters. The van der Waals surface area contributed by atoms with Gasteiger partial charge in [0, 0.05) is 22.2 Å². The van der Waals surface area contributed by atoms with Gasteiger partial charge in [-0.15, -0.1) is 0 Å². The van der Waals surface area contributed by atoms with Crippen LogP contribution in [0.2, 0.25) is 5.02 Å². The van der Waals surface area contributed by atoms with Crippen molar-refractivity contribution < 1.29 is 4.79 Å². The lowest BCUT2D eigenvalue weighted by molar-refractivity contribution is 0.0752. The van der Waals surface area contributed by atoms with Crippen LogP contribution in [0.15, 0.2) is 42.5 Å². The minimum atomic E-state index is 0.0114. The Hall–Kier alpha value is -1.07. The second-order valence-corrected chi connectivity index (χ2v) is 6.51. The lowest BCUT2D eigenvalue weighted by Crippen LogP contribution is -2.30. The number of halogens is 2. The summed E-state index contributed by atoms with van der Waals surface area (Å²) in [6, 6.07) is 13.7. The summed E-state index contributed by atoms with van der Waals surface area (Å²) in [4.78, 5) is 14.4. The highest BCUT2D eigenvalue weighted by atomic mass is 127. The Morgan fingerprint density at radius 1 is 1.24 bits per heavy atom. The first-order valence-electron chi connectivity index (χ1n) is 6.81. The highest BCUT2D eigenvalue weighted by Gasteiger charge is 2.15. The molecule has 0 unspecified atom stereocenters. The van der Waals surface area contributed by atoms with Gasteiger partial charge < -0.3 is 4.90 Å². The van der Waals surface area contributed by atoms with E-state index in [0.717, 1.165) is 9.13 Å². The van der Waals surface area contributed by atoms with Crippen LogP contribution >= 0.6 is 34.2 Å². The molecule has 2 aromatic carbocycles. The van der Waals surface area contributed by atoms with Crippen LogP contribution in [0, 0.1) is 10.5 Å². The number of nitrogens with zero attached hydrogens (tertiary/aromatic N) is 1. The van der Waals surface area contributed by atoms with Crippen LogP contribution in [0.1, 0.15) is 28.4 Å². The van der Waals surface area contributed by atoms with Crippen molar-refractivity contribution in [1.29, 1.82) is 0 Å². The molecular formula is C17H17ClINO. The Bertz CT molecular complexity index is 657. The number of benzene rings is 2. The first-order chi connectivity index (χ1) is 10.0. The largest absolute Gasteiger partial charge is 0.335 e. The minimum Gasteiger partial charge on any atom is -0.335 e. The van der Waals surface area contributed by atoms with Crippen molar-refractivity contribution in [1.82, 2.24) is 4.90 Å². The highest BCUT2D eigenvalue weighted by Crippen LogP contribution is 2.21. The van der Waals surface area contributed by atoms with Crippen LogP contribution in [0.3, 0.4) is 0 Å². The second kappa shape index (κ2) is 7.27. The molecule has 0 saturated heterocycles. The summed E-state index contributed by atoms with van der Waals surface area (Å²) in [5.41, 5.74) is 2.98. The molecular weight excluding hydrogens is 397 g/mol. The average Bonchev–Trinajstić information content (AvgIpc) is 2.47. The summed E-state index contributed by atoms with van der Waals surface area (Å²) in [5, 5.41) is 0.619. The van der Waals surface area contributed by atoms with Gasteiger partial charge in [0.15, 0.2) is 0 Å². The first-order valence-corrected chi connectivity index (χ1v) is 8.26. The maximum atomic E-state index is 12.6. The van der Waals surface area contributed by atoms with Crippen molar-refractivity contribution in [2.24, 2.45) is 0 Å². The zero-order chi connectivity index (χ0) is 15.4. The lowest BCUT2D eigenvalue weighted by atomic mass is 10.1. The zero-order valence-corrected chi connectivity index (χ0v) is 15.0. The molecule has 2 nitrogen and oxygen atoms in total. The smallest absolute Gasteiger partial charge is 0.254 e. The van der Waals surface area contributed by atoms with Crippen molar-refractivity contribution in [2.45, 2.75) is 20.4 Å². The third kappa shape index (κ3) is 4.20. The molecule has 0 aliphatic carbocycles. The van der Waals surface area contributed by atoms with Gasteiger partial charge in [-0.2, -0.15) is 0 Å². The summed E-state index contributed by atoms with van der Waals surface area (Å²) in [6.45, 7) is 5.32. The van der Waals surface area contributed by atoms with E-state index in [0.29, 0.717) is 23.7 Å². The Morgan fingerprint density at radius 2 is 2.00 bits per heavy atom. The molecule has 110 valence electrons. The topological polar surface area (TPSA) is 20.3 Å². The lowest BCUT2D eigenvalue weighted by Gasteiger charge is -2.21. The van der Waals surface area contributed by atoms with Crippen LogP contribution in [0.25, 0.3) is 0 Å². The molecule has 0 radical (unpaired) electrons. The molecule has 0 spiro atoms. The van der Waals surface area contributed by atoms with E-state index in [-0.39, 0.29) is 5.91 Å². The van der Waals surface area contributed by atoms with Gasteiger partial charge in [0.05, 0.1) is 5.02 Å². The van der Waals surface area contributed by atoms with Crippen molar-refractivity contribution >= 4 is 40.1 Å². The number of hydrogen-bond acceptors (Lipinski definition) is 1. The summed E-state index contributed by atoms with van der Waals surface area (Å²) in [5.74, 6) is 0.0114. The van der Waals surface area contributed by atoms with Crippen LogP contribution in [-0.2, 0) is 6.54 Å². The zero-order valence-electron chi connectivity index (χ0n) is 12.1. The quantitative estimate of drug-likeness (QED) is 0.652. The molecule has 0 aliphatic heterocycles. The first kappa shape index (κ1) is 16.3. The van der Waals surface area contributed by atoms with Crippen molar-refractivity contribution in [3.05, 3.63) is 67.7 Å².